The lowest BCUT2D eigenvalue weighted by Crippen LogP contribution is -2.05. The van der Waals surface area contributed by atoms with E-state index in [-0.39, 0.29) is 5.82 Å². The van der Waals surface area contributed by atoms with Gasteiger partial charge in [0, 0.05) is 6.54 Å². The molecule has 3 nitrogen and oxygen atoms in total. The number of nitrogens with zero attached hydrogens (tertiary/aromatic N) is 2. The average Bonchev–Trinajstić information content (AvgIpc) is 2.74. The van der Waals surface area contributed by atoms with Crippen molar-refractivity contribution in [2.75, 3.05) is 11.9 Å². The molecule has 2 aromatic rings. The Morgan fingerprint density at radius 2 is 2.20 bits per heavy atom. The van der Waals surface area contributed by atoms with Crippen LogP contribution < -0.4 is 5.32 Å². The number of hydrogen-bond donors (Lipinski definition) is 1. The lowest BCUT2D eigenvalue weighted by atomic mass is 10.1. The van der Waals surface area contributed by atoms with E-state index in [4.69, 9.17) is 0 Å². The van der Waals surface area contributed by atoms with E-state index in [9.17, 15) is 4.39 Å². The summed E-state index contributed by atoms with van der Waals surface area (Å²) in [4.78, 5) is 0. The molecule has 1 aromatic carbocycles. The van der Waals surface area contributed by atoms with Crippen molar-refractivity contribution < 1.29 is 4.39 Å². The van der Waals surface area contributed by atoms with Gasteiger partial charge >= 0.3 is 0 Å². The second-order valence-electron chi connectivity index (χ2n) is 3.01. The zero-order valence-corrected chi connectivity index (χ0v) is 8.80. The minimum atomic E-state index is -0.156. The second-order valence-corrected chi connectivity index (χ2v) is 3.85. The molecule has 0 atom stereocenters. The molecule has 0 amide bonds. The fourth-order valence-corrected chi connectivity index (χ4v) is 1.73. The molecule has 0 aliphatic carbocycles. The number of hydrogen-bond acceptors (Lipinski definition) is 4. The molecule has 2 rings (SSSR count). The van der Waals surface area contributed by atoms with Gasteiger partial charge in [0.15, 0.2) is 0 Å². The molecule has 78 valence electrons. The third kappa shape index (κ3) is 2.73. The first kappa shape index (κ1) is 10.0. The number of rotatable bonds is 4. The average molecular weight is 223 g/mol. The molecule has 0 spiro atoms. The van der Waals surface area contributed by atoms with Gasteiger partial charge in [0.1, 0.15) is 11.3 Å². The van der Waals surface area contributed by atoms with Crippen LogP contribution in [0.4, 0.5) is 9.52 Å². The van der Waals surface area contributed by atoms with Crippen LogP contribution in [0.3, 0.4) is 0 Å². The van der Waals surface area contributed by atoms with Crippen molar-refractivity contribution in [1.82, 2.24) is 10.2 Å². The Kier molecular flexibility index (Phi) is 3.24. The Hall–Kier alpha value is -1.49. The summed E-state index contributed by atoms with van der Waals surface area (Å²) in [6, 6.07) is 6.79. The number of aromatic nitrogens is 2. The topological polar surface area (TPSA) is 37.8 Å². The molecule has 0 radical (unpaired) electrons. The van der Waals surface area contributed by atoms with E-state index in [1.54, 1.807) is 17.6 Å². The Bertz CT molecular complexity index is 416. The summed E-state index contributed by atoms with van der Waals surface area (Å²) in [6.45, 7) is 0.663. The van der Waals surface area contributed by atoms with Crippen molar-refractivity contribution in [2.45, 2.75) is 6.42 Å². The van der Waals surface area contributed by atoms with Gasteiger partial charge in [-0.1, -0.05) is 29.5 Å². The largest absolute Gasteiger partial charge is 0.360 e. The highest BCUT2D eigenvalue weighted by atomic mass is 32.1. The highest BCUT2D eigenvalue weighted by Gasteiger charge is 2.00. The highest BCUT2D eigenvalue weighted by molar-refractivity contribution is 7.13. The van der Waals surface area contributed by atoms with Crippen molar-refractivity contribution in [3.8, 4) is 0 Å². The second kappa shape index (κ2) is 4.84. The third-order valence-corrected chi connectivity index (χ3v) is 2.64. The molecule has 0 aliphatic rings. The van der Waals surface area contributed by atoms with E-state index < -0.39 is 0 Å². The molecule has 1 heterocycles. The summed E-state index contributed by atoms with van der Waals surface area (Å²) in [5.74, 6) is -0.156. The summed E-state index contributed by atoms with van der Waals surface area (Å²) in [5, 5.41) is 11.4. The molecule has 0 aliphatic heterocycles. The van der Waals surface area contributed by atoms with E-state index in [1.807, 2.05) is 6.07 Å². The Morgan fingerprint density at radius 3 is 2.93 bits per heavy atom. The summed E-state index contributed by atoms with van der Waals surface area (Å²) in [7, 11) is 0. The Morgan fingerprint density at radius 1 is 1.33 bits per heavy atom. The van der Waals surface area contributed by atoms with Gasteiger partial charge in [-0.25, -0.2) is 4.39 Å². The molecule has 0 saturated heterocycles. The molecular weight excluding hydrogens is 213 g/mol. The van der Waals surface area contributed by atoms with Crippen molar-refractivity contribution in [2.24, 2.45) is 0 Å². The first-order valence-electron chi connectivity index (χ1n) is 4.60. The van der Waals surface area contributed by atoms with E-state index in [0.717, 1.165) is 10.7 Å². The Labute approximate surface area is 91.0 Å². The fourth-order valence-electron chi connectivity index (χ4n) is 1.26. The summed E-state index contributed by atoms with van der Waals surface area (Å²) in [5.41, 5.74) is 2.38. The molecule has 0 saturated carbocycles. The van der Waals surface area contributed by atoms with Gasteiger partial charge in [0.2, 0.25) is 5.13 Å². The maximum atomic E-state index is 13.2. The normalized spacial score (nSPS) is 10.2. The predicted molar refractivity (Wildman–Crippen MR) is 58.5 cm³/mol. The molecule has 1 N–H and O–H groups in total. The smallest absolute Gasteiger partial charge is 0.205 e. The van der Waals surface area contributed by atoms with Crippen LogP contribution in [0.25, 0.3) is 0 Å². The molecule has 5 heteroatoms. The van der Waals surface area contributed by atoms with Crippen molar-refractivity contribution >= 4 is 16.5 Å². The molecule has 0 unspecified atom stereocenters. The van der Waals surface area contributed by atoms with Crippen LogP contribution in [-0.4, -0.2) is 16.7 Å². The zero-order chi connectivity index (χ0) is 10.5. The maximum absolute atomic E-state index is 13.2. The molecule has 15 heavy (non-hydrogen) atoms. The van der Waals surface area contributed by atoms with Gasteiger partial charge in [0.05, 0.1) is 0 Å². The van der Waals surface area contributed by atoms with Gasteiger partial charge in [0.25, 0.3) is 0 Å². The van der Waals surface area contributed by atoms with E-state index in [2.05, 4.69) is 15.5 Å². The van der Waals surface area contributed by atoms with Crippen LogP contribution >= 0.6 is 11.3 Å². The first-order valence-corrected chi connectivity index (χ1v) is 5.47. The van der Waals surface area contributed by atoms with Gasteiger partial charge in [-0.3, -0.25) is 0 Å². The molecular formula is C10H10FN3S. The van der Waals surface area contributed by atoms with Crippen LogP contribution in [0.1, 0.15) is 5.56 Å². The van der Waals surface area contributed by atoms with Crippen molar-refractivity contribution in [3.63, 3.8) is 0 Å². The van der Waals surface area contributed by atoms with E-state index in [0.29, 0.717) is 13.0 Å². The molecule has 1 aromatic heterocycles. The molecule has 0 fully saturated rings. The van der Waals surface area contributed by atoms with Crippen LogP contribution in [0.2, 0.25) is 0 Å². The summed E-state index contributed by atoms with van der Waals surface area (Å²) in [6.07, 6.45) is 0.645. The van der Waals surface area contributed by atoms with Gasteiger partial charge in [-0.05, 0) is 18.1 Å². The minimum absolute atomic E-state index is 0.156. The van der Waals surface area contributed by atoms with Crippen LogP contribution in [0.15, 0.2) is 29.8 Å². The van der Waals surface area contributed by atoms with Crippen molar-refractivity contribution in [1.29, 1.82) is 0 Å². The van der Waals surface area contributed by atoms with Crippen LogP contribution in [0.5, 0.6) is 0 Å². The maximum Gasteiger partial charge on any atom is 0.205 e. The number of halogens is 1. The number of anilines is 1. The van der Waals surface area contributed by atoms with E-state index in [1.165, 1.54) is 17.4 Å². The summed E-state index contributed by atoms with van der Waals surface area (Å²) < 4.78 is 13.2. The van der Waals surface area contributed by atoms with Crippen molar-refractivity contribution in [3.05, 3.63) is 41.2 Å². The third-order valence-electron chi connectivity index (χ3n) is 1.99. The van der Waals surface area contributed by atoms with Gasteiger partial charge < -0.3 is 5.32 Å². The molecule has 0 bridgehead atoms. The van der Waals surface area contributed by atoms with Crippen LogP contribution in [0, 0.1) is 5.82 Å². The zero-order valence-electron chi connectivity index (χ0n) is 7.98. The number of nitrogens with one attached hydrogen (secondary N) is 1. The SMILES string of the molecule is Fc1ccccc1CCNc1nncs1. The quantitative estimate of drug-likeness (QED) is 0.864. The predicted octanol–water partition coefficient (Wildman–Crippen LogP) is 2.33. The highest BCUT2D eigenvalue weighted by Crippen LogP contribution is 2.10. The fraction of sp³-hybridized carbons (Fsp3) is 0.200. The van der Waals surface area contributed by atoms with Gasteiger partial charge in [-0.15, -0.1) is 10.2 Å². The number of benzene rings is 1. The lowest BCUT2D eigenvalue weighted by molar-refractivity contribution is 0.610. The monoisotopic (exact) mass is 223 g/mol. The lowest BCUT2D eigenvalue weighted by Gasteiger charge is -2.03. The van der Waals surface area contributed by atoms with Gasteiger partial charge in [-0.2, -0.15) is 0 Å². The van der Waals surface area contributed by atoms with Crippen LogP contribution in [-0.2, 0) is 6.42 Å². The first-order chi connectivity index (χ1) is 7.36. The summed E-state index contributed by atoms with van der Waals surface area (Å²) >= 11 is 1.44. The standard InChI is InChI=1S/C10H10FN3S/c11-9-4-2-1-3-8(9)5-6-12-10-14-13-7-15-10/h1-4,7H,5-6H2,(H,12,14). The minimum Gasteiger partial charge on any atom is -0.360 e. The van der Waals surface area contributed by atoms with E-state index >= 15 is 0 Å². The Balaban J connectivity index is 1.86.